The predicted octanol–water partition coefficient (Wildman–Crippen LogP) is 5.48. The second kappa shape index (κ2) is 6.59. The van der Waals surface area contributed by atoms with Gasteiger partial charge in [0.1, 0.15) is 0 Å². The first-order chi connectivity index (χ1) is 12.2. The van der Waals surface area contributed by atoms with Crippen LogP contribution in [0.1, 0.15) is 42.4 Å². The lowest BCUT2D eigenvalue weighted by Gasteiger charge is -2.10. The van der Waals surface area contributed by atoms with Crippen molar-refractivity contribution >= 4 is 53.0 Å². The van der Waals surface area contributed by atoms with Gasteiger partial charge < -0.3 is 0 Å². The van der Waals surface area contributed by atoms with Crippen LogP contribution in [0.5, 0.6) is 0 Å². The van der Waals surface area contributed by atoms with Gasteiger partial charge in [0.05, 0.1) is 5.75 Å². The molecule has 136 valence electrons. The highest BCUT2D eigenvalue weighted by atomic mass is 79.9. The Morgan fingerprint density at radius 2 is 1.46 bits per heavy atom. The Morgan fingerprint density at radius 1 is 0.885 bits per heavy atom. The molecule has 1 fully saturated rings. The van der Waals surface area contributed by atoms with Gasteiger partial charge in [-0.15, -0.1) is 0 Å². The normalized spacial score (nSPS) is 18.6. The van der Waals surface area contributed by atoms with Crippen molar-refractivity contribution in [2.75, 3.05) is 0 Å². The van der Waals surface area contributed by atoms with Crippen LogP contribution in [0.3, 0.4) is 0 Å². The highest BCUT2D eigenvalue weighted by Crippen LogP contribution is 2.63. The highest BCUT2D eigenvalue weighted by Gasteiger charge is 2.48. The Balaban J connectivity index is 1.72. The number of hydrogen-bond acceptors (Lipinski definition) is 2. The molecule has 0 atom stereocenters. The van der Waals surface area contributed by atoms with Crippen molar-refractivity contribution in [3.05, 3.63) is 68.1 Å². The highest BCUT2D eigenvalue weighted by molar-refractivity contribution is 9.13. The van der Waals surface area contributed by atoms with E-state index in [1.165, 1.54) is 35.1 Å². The molecular weight excluding hydrogens is 478 g/mol. The number of allylic oxidation sites excluding steroid dienone is 2. The van der Waals surface area contributed by atoms with Gasteiger partial charge in [-0.05, 0) is 103 Å². The fourth-order valence-corrected chi connectivity index (χ4v) is 5.11. The third-order valence-electron chi connectivity index (χ3n) is 5.36. The minimum absolute atomic E-state index is 0.122. The Labute approximate surface area is 171 Å². The van der Waals surface area contributed by atoms with Gasteiger partial charge in [-0.3, -0.25) is 0 Å². The van der Waals surface area contributed by atoms with Crippen LogP contribution in [-0.4, -0.2) is 8.42 Å². The zero-order valence-electron chi connectivity index (χ0n) is 14.1. The van der Waals surface area contributed by atoms with Crippen molar-refractivity contribution in [2.45, 2.75) is 31.4 Å². The summed E-state index contributed by atoms with van der Waals surface area (Å²) >= 11 is 7.16. The Hall–Kier alpha value is -0.950. The van der Waals surface area contributed by atoms with Crippen LogP contribution in [0.4, 0.5) is 0 Å². The van der Waals surface area contributed by atoms with Gasteiger partial charge in [0.2, 0.25) is 10.0 Å². The summed E-state index contributed by atoms with van der Waals surface area (Å²) in [6, 6.07) is 14.2. The quantitative estimate of drug-likeness (QED) is 0.608. The van der Waals surface area contributed by atoms with E-state index in [9.17, 15) is 8.42 Å². The maximum Gasteiger partial charge on any atom is 0.213 e. The molecule has 0 bridgehead atoms. The third kappa shape index (κ3) is 3.84. The van der Waals surface area contributed by atoms with Crippen LogP contribution in [0.25, 0.3) is 11.1 Å². The third-order valence-corrected chi connectivity index (χ3v) is 7.98. The predicted molar refractivity (Wildman–Crippen MR) is 113 cm³/mol. The average molecular weight is 497 g/mol. The van der Waals surface area contributed by atoms with Crippen LogP contribution in [-0.2, 0) is 15.8 Å². The van der Waals surface area contributed by atoms with E-state index in [0.717, 1.165) is 27.4 Å². The van der Waals surface area contributed by atoms with E-state index in [1.807, 2.05) is 24.3 Å². The Bertz CT molecular complexity index is 1010. The number of rotatable bonds is 4. The molecule has 0 heterocycles. The molecule has 2 aliphatic carbocycles. The average Bonchev–Trinajstić information content (AvgIpc) is 3.21. The van der Waals surface area contributed by atoms with Crippen LogP contribution in [0.2, 0.25) is 0 Å². The van der Waals surface area contributed by atoms with E-state index < -0.39 is 10.0 Å². The first kappa shape index (κ1) is 18.4. The van der Waals surface area contributed by atoms with Gasteiger partial charge >= 0.3 is 0 Å². The van der Waals surface area contributed by atoms with Gasteiger partial charge in [-0.2, -0.15) is 0 Å². The molecule has 1 spiro atoms. The number of primary sulfonamides is 1. The fraction of sp³-hybridized carbons (Fsp3) is 0.300. The minimum Gasteiger partial charge on any atom is -0.228 e. The summed E-state index contributed by atoms with van der Waals surface area (Å²) in [5.74, 6) is -0.122. The molecule has 0 aromatic heterocycles. The van der Waals surface area contributed by atoms with Crippen LogP contribution >= 0.6 is 31.9 Å². The van der Waals surface area contributed by atoms with Crippen molar-refractivity contribution in [2.24, 2.45) is 10.6 Å². The zero-order chi connectivity index (χ0) is 18.5. The summed E-state index contributed by atoms with van der Waals surface area (Å²) in [4.78, 5) is 0. The molecule has 3 nitrogen and oxygen atoms in total. The number of sulfonamides is 1. The summed E-state index contributed by atoms with van der Waals surface area (Å²) in [6.45, 7) is 0. The zero-order valence-corrected chi connectivity index (χ0v) is 18.1. The summed E-state index contributed by atoms with van der Waals surface area (Å²) in [5, 5.41) is 5.15. The van der Waals surface area contributed by atoms with Crippen molar-refractivity contribution < 1.29 is 8.42 Å². The topological polar surface area (TPSA) is 60.2 Å². The van der Waals surface area contributed by atoms with Crippen LogP contribution < -0.4 is 5.14 Å². The SMILES string of the molecule is NS(=O)(=O)Cc1ccc(C2=C(c3ccc(Br)c(Br)c3)CC3(CC3)C2)cc1. The van der Waals surface area contributed by atoms with E-state index in [1.54, 1.807) is 0 Å². The van der Waals surface area contributed by atoms with E-state index in [-0.39, 0.29) is 5.75 Å². The summed E-state index contributed by atoms with van der Waals surface area (Å²) in [7, 11) is -3.50. The smallest absolute Gasteiger partial charge is 0.213 e. The molecular formula is C20H19Br2NO2S. The fourth-order valence-electron chi connectivity index (χ4n) is 3.83. The van der Waals surface area contributed by atoms with Crippen molar-refractivity contribution in [1.29, 1.82) is 0 Å². The molecule has 0 unspecified atom stereocenters. The van der Waals surface area contributed by atoms with Gasteiger partial charge in [0.15, 0.2) is 0 Å². The maximum atomic E-state index is 11.3. The molecule has 2 aromatic carbocycles. The summed E-state index contributed by atoms with van der Waals surface area (Å²) in [6.07, 6.45) is 4.81. The number of hydrogen-bond donors (Lipinski definition) is 1. The largest absolute Gasteiger partial charge is 0.228 e. The molecule has 4 rings (SSSR count). The first-order valence-corrected chi connectivity index (χ1v) is 11.8. The summed E-state index contributed by atoms with van der Waals surface area (Å²) in [5.41, 5.74) is 6.41. The summed E-state index contributed by atoms with van der Waals surface area (Å²) < 4.78 is 24.7. The van der Waals surface area contributed by atoms with E-state index in [4.69, 9.17) is 5.14 Å². The van der Waals surface area contributed by atoms with E-state index >= 15 is 0 Å². The number of halogens is 2. The standard InChI is InChI=1S/C20H19Br2NO2S/c21-18-6-5-15(9-19(18)22)17-11-20(7-8-20)10-16(17)14-3-1-13(2-4-14)12-26(23,24)25/h1-6,9H,7-8,10-12H2,(H2,23,24,25). The van der Waals surface area contributed by atoms with Crippen LogP contribution in [0.15, 0.2) is 51.4 Å². The van der Waals surface area contributed by atoms with Crippen molar-refractivity contribution in [3.8, 4) is 0 Å². The van der Waals surface area contributed by atoms with Gasteiger partial charge in [0, 0.05) is 8.95 Å². The maximum absolute atomic E-state index is 11.3. The number of benzene rings is 2. The molecule has 0 radical (unpaired) electrons. The molecule has 26 heavy (non-hydrogen) atoms. The Kier molecular flexibility index (Phi) is 4.66. The minimum atomic E-state index is -3.50. The molecule has 0 amide bonds. The lowest BCUT2D eigenvalue weighted by Crippen LogP contribution is -2.14. The van der Waals surface area contributed by atoms with Crippen molar-refractivity contribution in [1.82, 2.24) is 0 Å². The lowest BCUT2D eigenvalue weighted by molar-refractivity contribution is 0.568. The van der Waals surface area contributed by atoms with Crippen molar-refractivity contribution in [3.63, 3.8) is 0 Å². The van der Waals surface area contributed by atoms with Gasteiger partial charge in [0.25, 0.3) is 0 Å². The Morgan fingerprint density at radius 3 is 2.00 bits per heavy atom. The number of nitrogens with two attached hydrogens (primary N) is 1. The monoisotopic (exact) mass is 495 g/mol. The molecule has 0 saturated heterocycles. The van der Waals surface area contributed by atoms with Gasteiger partial charge in [-0.1, -0.05) is 30.3 Å². The lowest BCUT2D eigenvalue weighted by atomic mass is 9.96. The molecule has 2 N–H and O–H groups in total. The first-order valence-electron chi connectivity index (χ1n) is 8.52. The van der Waals surface area contributed by atoms with Gasteiger partial charge in [-0.25, -0.2) is 13.6 Å². The van der Waals surface area contributed by atoms with E-state index in [2.05, 4.69) is 50.1 Å². The molecule has 2 aromatic rings. The second-order valence-electron chi connectivity index (χ2n) is 7.44. The van der Waals surface area contributed by atoms with E-state index in [0.29, 0.717) is 5.41 Å². The molecule has 6 heteroatoms. The molecule has 2 aliphatic rings. The van der Waals surface area contributed by atoms with Crippen LogP contribution in [0, 0.1) is 5.41 Å². The molecule has 1 saturated carbocycles. The second-order valence-corrected chi connectivity index (χ2v) is 10.8. The molecule has 0 aliphatic heterocycles.